The van der Waals surface area contributed by atoms with Gasteiger partial charge >= 0.3 is 0 Å². The monoisotopic (exact) mass is 442 g/mol. The maximum Gasteiger partial charge on any atom is 0.264 e. The zero-order valence-corrected chi connectivity index (χ0v) is 16.1. The number of benzene rings is 3. The first-order valence-electron chi connectivity index (χ1n) is 7.94. The standard InChI is InChI=1S/C18H13F3N2O4S2/c19-15-10-11-16(18(21)17(15)20)29(26,27)23-13-6-8-14(9-7-13)28(24,25)22-12-4-2-1-3-5-12/h1-11,22-23H. The van der Waals surface area contributed by atoms with Crippen LogP contribution in [-0.2, 0) is 20.0 Å². The van der Waals surface area contributed by atoms with E-state index in [2.05, 4.69) is 4.72 Å². The molecule has 3 rings (SSSR count). The summed E-state index contributed by atoms with van der Waals surface area (Å²) in [5.74, 6) is -5.30. The molecule has 11 heteroatoms. The van der Waals surface area contributed by atoms with Crippen molar-refractivity contribution >= 4 is 31.4 Å². The van der Waals surface area contributed by atoms with Gasteiger partial charge in [-0.3, -0.25) is 9.44 Å². The summed E-state index contributed by atoms with van der Waals surface area (Å²) in [6.07, 6.45) is 0. The van der Waals surface area contributed by atoms with Crippen molar-refractivity contribution in [2.24, 2.45) is 0 Å². The third-order valence-corrected chi connectivity index (χ3v) is 6.53. The van der Waals surface area contributed by atoms with Crippen LogP contribution in [0.1, 0.15) is 0 Å². The molecule has 0 aromatic heterocycles. The first kappa shape index (κ1) is 20.7. The number of halogens is 3. The Morgan fingerprint density at radius 1 is 0.586 bits per heavy atom. The predicted octanol–water partition coefficient (Wildman–Crippen LogP) is 3.71. The number of nitrogens with one attached hydrogen (secondary N) is 2. The first-order valence-corrected chi connectivity index (χ1v) is 10.9. The summed E-state index contributed by atoms with van der Waals surface area (Å²) in [6, 6.07) is 13.7. The third-order valence-electron chi connectivity index (χ3n) is 3.73. The summed E-state index contributed by atoms with van der Waals surface area (Å²) >= 11 is 0. The fourth-order valence-corrected chi connectivity index (χ4v) is 4.54. The topological polar surface area (TPSA) is 92.3 Å². The van der Waals surface area contributed by atoms with Crippen LogP contribution in [-0.4, -0.2) is 16.8 Å². The second-order valence-electron chi connectivity index (χ2n) is 5.77. The van der Waals surface area contributed by atoms with Crippen molar-refractivity contribution in [3.8, 4) is 0 Å². The predicted molar refractivity (Wildman–Crippen MR) is 101 cm³/mol. The summed E-state index contributed by atoms with van der Waals surface area (Å²) in [7, 11) is -8.50. The lowest BCUT2D eigenvalue weighted by molar-refractivity contribution is 0.432. The second kappa shape index (κ2) is 7.76. The lowest BCUT2D eigenvalue weighted by Crippen LogP contribution is -2.16. The minimum Gasteiger partial charge on any atom is -0.280 e. The number of hydrogen-bond donors (Lipinski definition) is 2. The van der Waals surface area contributed by atoms with Crippen LogP contribution >= 0.6 is 0 Å². The Morgan fingerprint density at radius 2 is 1.14 bits per heavy atom. The molecule has 0 saturated heterocycles. The van der Waals surface area contributed by atoms with Gasteiger partial charge in [0.05, 0.1) is 4.90 Å². The van der Waals surface area contributed by atoms with E-state index in [0.717, 1.165) is 24.3 Å². The summed E-state index contributed by atoms with van der Waals surface area (Å²) in [5, 5.41) is 0. The third kappa shape index (κ3) is 4.51. The molecule has 3 aromatic carbocycles. The van der Waals surface area contributed by atoms with E-state index in [1.165, 1.54) is 0 Å². The highest BCUT2D eigenvalue weighted by Gasteiger charge is 2.24. The van der Waals surface area contributed by atoms with Crippen molar-refractivity contribution in [2.75, 3.05) is 9.44 Å². The van der Waals surface area contributed by atoms with Gasteiger partial charge in [0.1, 0.15) is 4.90 Å². The van der Waals surface area contributed by atoms with E-state index >= 15 is 0 Å². The lowest BCUT2D eigenvalue weighted by Gasteiger charge is -2.11. The van der Waals surface area contributed by atoms with Crippen LogP contribution in [0.4, 0.5) is 24.5 Å². The van der Waals surface area contributed by atoms with Crippen LogP contribution in [0.3, 0.4) is 0 Å². The normalized spacial score (nSPS) is 11.8. The molecular weight excluding hydrogens is 429 g/mol. The lowest BCUT2D eigenvalue weighted by atomic mass is 10.3. The summed E-state index contributed by atoms with van der Waals surface area (Å²) < 4.78 is 93.6. The Hall–Kier alpha value is -3.05. The summed E-state index contributed by atoms with van der Waals surface area (Å²) in [5.41, 5.74) is 0.235. The maximum atomic E-state index is 13.8. The molecule has 0 amide bonds. The zero-order valence-electron chi connectivity index (χ0n) is 14.4. The van der Waals surface area contributed by atoms with E-state index in [0.29, 0.717) is 17.8 Å². The molecule has 0 atom stereocenters. The van der Waals surface area contributed by atoms with Gasteiger partial charge in [-0.2, -0.15) is 0 Å². The molecule has 0 radical (unpaired) electrons. The summed E-state index contributed by atoms with van der Waals surface area (Å²) in [6.45, 7) is 0. The fourth-order valence-electron chi connectivity index (χ4n) is 2.35. The SMILES string of the molecule is O=S(=O)(Nc1ccccc1)c1ccc(NS(=O)(=O)c2ccc(F)c(F)c2F)cc1. The van der Waals surface area contributed by atoms with Crippen molar-refractivity contribution in [1.29, 1.82) is 0 Å². The smallest absolute Gasteiger partial charge is 0.264 e. The van der Waals surface area contributed by atoms with Gasteiger partial charge in [-0.05, 0) is 48.5 Å². The quantitative estimate of drug-likeness (QED) is 0.570. The van der Waals surface area contributed by atoms with Gasteiger partial charge in [0.2, 0.25) is 0 Å². The molecule has 29 heavy (non-hydrogen) atoms. The van der Waals surface area contributed by atoms with Gasteiger partial charge in [-0.25, -0.2) is 30.0 Å². The van der Waals surface area contributed by atoms with Crippen LogP contribution in [0.2, 0.25) is 0 Å². The number of anilines is 2. The zero-order chi connectivity index (χ0) is 21.2. The molecule has 0 fully saturated rings. The summed E-state index contributed by atoms with van der Waals surface area (Å²) in [4.78, 5) is -1.23. The maximum absolute atomic E-state index is 13.8. The highest BCUT2D eigenvalue weighted by molar-refractivity contribution is 7.93. The number of sulfonamides is 2. The molecule has 2 N–H and O–H groups in total. The molecule has 152 valence electrons. The van der Waals surface area contributed by atoms with Crippen LogP contribution in [0.15, 0.2) is 76.5 Å². The minimum atomic E-state index is -4.58. The van der Waals surface area contributed by atoms with E-state index in [9.17, 15) is 30.0 Å². The number of para-hydroxylation sites is 1. The molecule has 0 unspecified atom stereocenters. The van der Waals surface area contributed by atoms with Gasteiger partial charge in [-0.1, -0.05) is 18.2 Å². The van der Waals surface area contributed by atoms with Crippen LogP contribution in [0.5, 0.6) is 0 Å². The highest BCUT2D eigenvalue weighted by atomic mass is 32.2. The Bertz CT molecular complexity index is 1250. The van der Waals surface area contributed by atoms with Gasteiger partial charge < -0.3 is 0 Å². The van der Waals surface area contributed by atoms with Crippen molar-refractivity contribution in [2.45, 2.75) is 9.79 Å². The minimum absolute atomic E-state index is 0.104. The van der Waals surface area contributed by atoms with Crippen LogP contribution in [0, 0.1) is 17.5 Å². The van der Waals surface area contributed by atoms with E-state index < -0.39 is 42.4 Å². The average Bonchev–Trinajstić information content (AvgIpc) is 2.66. The highest BCUT2D eigenvalue weighted by Crippen LogP contribution is 2.23. The molecule has 0 bridgehead atoms. The molecular formula is C18H13F3N2O4S2. The van der Waals surface area contributed by atoms with Crippen LogP contribution in [0.25, 0.3) is 0 Å². The van der Waals surface area contributed by atoms with E-state index in [-0.39, 0.29) is 10.6 Å². The number of rotatable bonds is 6. The largest absolute Gasteiger partial charge is 0.280 e. The molecule has 0 heterocycles. The Labute approximate surface area is 165 Å². The molecule has 0 aliphatic carbocycles. The van der Waals surface area contributed by atoms with E-state index in [4.69, 9.17) is 0 Å². The van der Waals surface area contributed by atoms with Crippen molar-refractivity contribution in [1.82, 2.24) is 0 Å². The molecule has 3 aromatic rings. The first-order chi connectivity index (χ1) is 13.6. The second-order valence-corrected chi connectivity index (χ2v) is 9.11. The Kier molecular flexibility index (Phi) is 5.53. The number of hydrogen-bond acceptors (Lipinski definition) is 4. The molecule has 0 aliphatic heterocycles. The van der Waals surface area contributed by atoms with Crippen molar-refractivity contribution in [3.05, 3.63) is 84.2 Å². The average molecular weight is 442 g/mol. The van der Waals surface area contributed by atoms with Gasteiger partial charge in [0.15, 0.2) is 17.5 Å². The van der Waals surface area contributed by atoms with E-state index in [1.807, 2.05) is 4.72 Å². The molecule has 0 aliphatic rings. The Morgan fingerprint density at radius 3 is 1.76 bits per heavy atom. The van der Waals surface area contributed by atoms with E-state index in [1.54, 1.807) is 30.3 Å². The van der Waals surface area contributed by atoms with Gasteiger partial charge in [0, 0.05) is 11.4 Å². The molecule has 0 saturated carbocycles. The van der Waals surface area contributed by atoms with Crippen molar-refractivity contribution < 1.29 is 30.0 Å². The van der Waals surface area contributed by atoms with Gasteiger partial charge in [0.25, 0.3) is 20.0 Å². The molecule has 6 nitrogen and oxygen atoms in total. The van der Waals surface area contributed by atoms with Gasteiger partial charge in [-0.15, -0.1) is 0 Å². The Balaban J connectivity index is 1.83. The van der Waals surface area contributed by atoms with Crippen LogP contribution < -0.4 is 9.44 Å². The fraction of sp³-hybridized carbons (Fsp3) is 0. The van der Waals surface area contributed by atoms with Crippen molar-refractivity contribution in [3.63, 3.8) is 0 Å². The molecule has 0 spiro atoms.